The maximum atomic E-state index is 12.4. The van der Waals surface area contributed by atoms with Crippen LogP contribution in [0.15, 0.2) is 36.7 Å². The van der Waals surface area contributed by atoms with Crippen molar-refractivity contribution in [3.63, 3.8) is 0 Å². The lowest BCUT2D eigenvalue weighted by atomic mass is 9.96. The maximum Gasteiger partial charge on any atom is 0.226 e. The number of rotatable bonds is 4. The molecule has 0 bridgehead atoms. The van der Waals surface area contributed by atoms with Crippen LogP contribution in [0.5, 0.6) is 5.75 Å². The average molecular weight is 352 g/mol. The summed E-state index contributed by atoms with van der Waals surface area (Å²) in [6.45, 7) is 1.29. The van der Waals surface area contributed by atoms with Gasteiger partial charge in [0.1, 0.15) is 5.75 Å². The molecule has 1 saturated heterocycles. The first-order valence-corrected chi connectivity index (χ1v) is 7.91. The average Bonchev–Trinajstić information content (AvgIpc) is 2.49. The van der Waals surface area contributed by atoms with Crippen molar-refractivity contribution in [2.45, 2.75) is 6.04 Å². The number of nitrogens with zero attached hydrogens (tertiary/aromatic N) is 1. The van der Waals surface area contributed by atoms with Crippen LogP contribution in [0.4, 0.5) is 0 Å². The van der Waals surface area contributed by atoms with Gasteiger partial charge >= 0.3 is 0 Å². The molecule has 0 spiro atoms. The molecule has 0 unspecified atom stereocenters. The first-order chi connectivity index (χ1) is 11.1. The number of phenolic OH excluding ortho intramolecular Hbond substituents is 1. The molecule has 7 heteroatoms. The van der Waals surface area contributed by atoms with Crippen LogP contribution in [0, 0.1) is 5.92 Å². The second-order valence-electron chi connectivity index (χ2n) is 5.37. The van der Waals surface area contributed by atoms with Crippen LogP contribution >= 0.6 is 23.2 Å². The molecule has 2 heterocycles. The first kappa shape index (κ1) is 16.1. The van der Waals surface area contributed by atoms with Gasteiger partial charge in [0, 0.05) is 31.0 Å². The molecular weight excluding hydrogens is 337 g/mol. The summed E-state index contributed by atoms with van der Waals surface area (Å²) in [5.74, 6) is -0.200. The third-order valence-electron chi connectivity index (χ3n) is 3.88. The summed E-state index contributed by atoms with van der Waals surface area (Å²) in [5, 5.41) is 16.8. The van der Waals surface area contributed by atoms with E-state index in [1.807, 2.05) is 0 Å². The van der Waals surface area contributed by atoms with E-state index in [-0.39, 0.29) is 22.6 Å². The van der Waals surface area contributed by atoms with Crippen LogP contribution in [-0.4, -0.2) is 29.1 Å². The number of benzene rings is 1. The second kappa shape index (κ2) is 6.74. The highest BCUT2D eigenvalue weighted by molar-refractivity contribution is 6.42. The summed E-state index contributed by atoms with van der Waals surface area (Å²) in [6.07, 6.45) is 3.24. The minimum atomic E-state index is -0.600. The molecule has 2 aromatic rings. The number of amides is 1. The van der Waals surface area contributed by atoms with E-state index < -0.39 is 6.04 Å². The molecule has 3 N–H and O–H groups in total. The topological polar surface area (TPSA) is 74.2 Å². The molecule has 3 rings (SSSR count). The summed E-state index contributed by atoms with van der Waals surface area (Å²) in [4.78, 5) is 16.3. The normalized spacial score (nSPS) is 15.7. The lowest BCUT2D eigenvalue weighted by Crippen LogP contribution is -2.51. The fourth-order valence-corrected chi connectivity index (χ4v) is 2.88. The zero-order valence-corrected chi connectivity index (χ0v) is 13.6. The maximum absolute atomic E-state index is 12.4. The van der Waals surface area contributed by atoms with Gasteiger partial charge in [0.2, 0.25) is 5.91 Å². The van der Waals surface area contributed by atoms with E-state index in [9.17, 15) is 9.90 Å². The van der Waals surface area contributed by atoms with Gasteiger partial charge in [0.25, 0.3) is 0 Å². The van der Waals surface area contributed by atoms with Gasteiger partial charge < -0.3 is 15.7 Å². The van der Waals surface area contributed by atoms with Gasteiger partial charge in [-0.05, 0) is 29.8 Å². The molecule has 0 radical (unpaired) electrons. The molecule has 5 nitrogen and oxygen atoms in total. The zero-order chi connectivity index (χ0) is 16.4. The second-order valence-corrected chi connectivity index (χ2v) is 6.16. The SMILES string of the molecule is O=C(N[C@H](c1ccncc1)c1c(O)ccc(Cl)c1Cl)C1CNC1. The quantitative estimate of drug-likeness (QED) is 0.791. The van der Waals surface area contributed by atoms with Crippen molar-refractivity contribution in [3.8, 4) is 5.75 Å². The predicted octanol–water partition coefficient (Wildman–Crippen LogP) is 2.52. The van der Waals surface area contributed by atoms with Gasteiger partial charge in [0.15, 0.2) is 0 Å². The molecule has 1 aromatic carbocycles. The Bertz CT molecular complexity index is 721. The van der Waals surface area contributed by atoms with Gasteiger partial charge in [-0.3, -0.25) is 9.78 Å². The van der Waals surface area contributed by atoms with E-state index in [1.165, 1.54) is 12.1 Å². The van der Waals surface area contributed by atoms with Crippen LogP contribution in [-0.2, 0) is 4.79 Å². The zero-order valence-electron chi connectivity index (χ0n) is 12.1. The van der Waals surface area contributed by atoms with Crippen molar-refractivity contribution in [3.05, 3.63) is 57.8 Å². The van der Waals surface area contributed by atoms with Gasteiger partial charge in [-0.1, -0.05) is 23.2 Å². The van der Waals surface area contributed by atoms with Gasteiger partial charge in [-0.25, -0.2) is 0 Å². The summed E-state index contributed by atoms with van der Waals surface area (Å²) in [5.41, 5.74) is 1.14. The number of aromatic hydroxyl groups is 1. The third-order valence-corrected chi connectivity index (χ3v) is 4.70. The lowest BCUT2D eigenvalue weighted by Gasteiger charge is -2.29. The number of phenols is 1. The minimum absolute atomic E-state index is 0.0201. The molecule has 1 aliphatic heterocycles. The molecular formula is C16H15Cl2N3O2. The Morgan fingerprint density at radius 1 is 1.26 bits per heavy atom. The van der Waals surface area contributed by atoms with Crippen molar-refractivity contribution >= 4 is 29.1 Å². The number of carbonyl (C=O) groups is 1. The largest absolute Gasteiger partial charge is 0.508 e. The standard InChI is InChI=1S/C16H15Cl2N3O2/c17-11-1-2-12(22)13(14(11)18)15(9-3-5-19-6-4-9)21-16(23)10-7-20-8-10/h1-6,10,15,20,22H,7-8H2,(H,21,23)/t15-/m1/s1. The highest BCUT2D eigenvalue weighted by Crippen LogP contribution is 2.39. The number of aromatic nitrogens is 1. The highest BCUT2D eigenvalue weighted by Gasteiger charge is 2.30. The fraction of sp³-hybridized carbons (Fsp3) is 0.250. The summed E-state index contributed by atoms with van der Waals surface area (Å²) < 4.78 is 0. The van der Waals surface area contributed by atoms with Crippen LogP contribution in [0.1, 0.15) is 17.2 Å². The Kier molecular flexibility index (Phi) is 4.71. The van der Waals surface area contributed by atoms with E-state index >= 15 is 0 Å². The molecule has 0 saturated carbocycles. The Hall–Kier alpha value is -1.82. The smallest absolute Gasteiger partial charge is 0.226 e. The van der Waals surface area contributed by atoms with Gasteiger partial charge in [-0.2, -0.15) is 0 Å². The fourth-order valence-electron chi connectivity index (χ4n) is 2.44. The lowest BCUT2D eigenvalue weighted by molar-refractivity contribution is -0.126. The van der Waals surface area contributed by atoms with E-state index in [1.54, 1.807) is 24.5 Å². The Balaban J connectivity index is 2.02. The van der Waals surface area contributed by atoms with Crippen molar-refractivity contribution < 1.29 is 9.90 Å². The number of pyridine rings is 1. The van der Waals surface area contributed by atoms with E-state index in [0.29, 0.717) is 23.7 Å². The van der Waals surface area contributed by atoms with Crippen molar-refractivity contribution in [2.24, 2.45) is 5.92 Å². The number of hydrogen-bond acceptors (Lipinski definition) is 4. The Labute approximate surface area is 143 Å². The van der Waals surface area contributed by atoms with E-state index in [4.69, 9.17) is 23.2 Å². The third kappa shape index (κ3) is 3.27. The Morgan fingerprint density at radius 2 is 1.96 bits per heavy atom. The van der Waals surface area contributed by atoms with Crippen molar-refractivity contribution in [2.75, 3.05) is 13.1 Å². The summed E-state index contributed by atoms with van der Waals surface area (Å²) in [7, 11) is 0. The van der Waals surface area contributed by atoms with Gasteiger partial charge in [0.05, 0.1) is 22.0 Å². The van der Waals surface area contributed by atoms with Gasteiger partial charge in [-0.15, -0.1) is 0 Å². The summed E-state index contributed by atoms with van der Waals surface area (Å²) in [6, 6.07) is 5.91. The summed E-state index contributed by atoms with van der Waals surface area (Å²) >= 11 is 12.4. The predicted molar refractivity (Wildman–Crippen MR) is 88.7 cm³/mol. The molecule has 1 atom stereocenters. The van der Waals surface area contributed by atoms with E-state index in [2.05, 4.69) is 15.6 Å². The number of halogens is 2. The highest BCUT2D eigenvalue weighted by atomic mass is 35.5. The molecule has 1 aliphatic rings. The molecule has 0 aliphatic carbocycles. The molecule has 1 aromatic heterocycles. The molecule has 23 heavy (non-hydrogen) atoms. The van der Waals surface area contributed by atoms with Crippen molar-refractivity contribution in [1.29, 1.82) is 0 Å². The molecule has 1 fully saturated rings. The Morgan fingerprint density at radius 3 is 2.57 bits per heavy atom. The van der Waals surface area contributed by atoms with E-state index in [0.717, 1.165) is 5.56 Å². The minimum Gasteiger partial charge on any atom is -0.508 e. The number of carbonyl (C=O) groups excluding carboxylic acids is 1. The number of nitrogens with one attached hydrogen (secondary N) is 2. The first-order valence-electron chi connectivity index (χ1n) is 7.16. The van der Waals surface area contributed by atoms with Crippen molar-refractivity contribution in [1.82, 2.24) is 15.6 Å². The monoisotopic (exact) mass is 351 g/mol. The van der Waals surface area contributed by atoms with Crippen LogP contribution in [0.2, 0.25) is 10.0 Å². The van der Waals surface area contributed by atoms with Crippen LogP contribution in [0.3, 0.4) is 0 Å². The molecule has 1 amide bonds. The molecule has 120 valence electrons. The number of hydrogen-bond donors (Lipinski definition) is 3. The van der Waals surface area contributed by atoms with Crippen LogP contribution in [0.25, 0.3) is 0 Å². The van der Waals surface area contributed by atoms with Crippen LogP contribution < -0.4 is 10.6 Å².